The third-order valence-electron chi connectivity index (χ3n) is 3.04. The lowest BCUT2D eigenvalue weighted by atomic mass is 10.2. The SMILES string of the molecule is CCN=NN(C)CC1CN(c2ccc(C)cc2)C(=O)O1. The van der Waals surface area contributed by atoms with Crippen molar-refractivity contribution < 1.29 is 9.53 Å². The molecule has 0 aromatic heterocycles. The van der Waals surface area contributed by atoms with E-state index >= 15 is 0 Å². The van der Waals surface area contributed by atoms with E-state index in [9.17, 15) is 4.79 Å². The van der Waals surface area contributed by atoms with Gasteiger partial charge in [0.15, 0.2) is 0 Å². The molecule has 0 radical (unpaired) electrons. The molecule has 1 aliphatic rings. The van der Waals surface area contributed by atoms with Crippen molar-refractivity contribution in [1.29, 1.82) is 0 Å². The van der Waals surface area contributed by atoms with Gasteiger partial charge in [-0.25, -0.2) is 4.79 Å². The summed E-state index contributed by atoms with van der Waals surface area (Å²) in [5.41, 5.74) is 2.03. The minimum atomic E-state index is -0.306. The van der Waals surface area contributed by atoms with Gasteiger partial charge in [0.25, 0.3) is 0 Å². The summed E-state index contributed by atoms with van der Waals surface area (Å²) in [6.45, 7) is 5.66. The van der Waals surface area contributed by atoms with Crippen LogP contribution in [0, 0.1) is 6.92 Å². The molecule has 1 aromatic rings. The highest BCUT2D eigenvalue weighted by Crippen LogP contribution is 2.22. The van der Waals surface area contributed by atoms with Crippen LogP contribution in [0.25, 0.3) is 0 Å². The highest BCUT2D eigenvalue weighted by atomic mass is 16.6. The number of hydrogen-bond donors (Lipinski definition) is 0. The highest BCUT2D eigenvalue weighted by molar-refractivity contribution is 5.89. The molecule has 1 aromatic carbocycles. The van der Waals surface area contributed by atoms with Gasteiger partial charge in [-0.1, -0.05) is 22.9 Å². The summed E-state index contributed by atoms with van der Waals surface area (Å²) in [7, 11) is 1.82. The maximum atomic E-state index is 11.9. The van der Waals surface area contributed by atoms with Crippen LogP contribution >= 0.6 is 0 Å². The Labute approximate surface area is 119 Å². The molecule has 1 heterocycles. The lowest BCUT2D eigenvalue weighted by Crippen LogP contribution is -2.29. The predicted octanol–water partition coefficient (Wildman–Crippen LogP) is 2.64. The number of ether oxygens (including phenoxy) is 1. The van der Waals surface area contributed by atoms with Crippen LogP contribution in [0.4, 0.5) is 10.5 Å². The Bertz CT molecular complexity index is 486. The first-order valence-electron chi connectivity index (χ1n) is 6.73. The van der Waals surface area contributed by atoms with Gasteiger partial charge in [-0.15, -0.1) is 0 Å². The molecule has 0 saturated carbocycles. The lowest BCUT2D eigenvalue weighted by molar-refractivity contribution is 0.115. The average molecular weight is 276 g/mol. The fourth-order valence-corrected chi connectivity index (χ4v) is 2.05. The number of hydrogen-bond acceptors (Lipinski definition) is 4. The van der Waals surface area contributed by atoms with E-state index in [1.807, 2.05) is 45.2 Å². The molecule has 6 heteroatoms. The van der Waals surface area contributed by atoms with Gasteiger partial charge in [0.1, 0.15) is 6.10 Å². The largest absolute Gasteiger partial charge is 0.442 e. The molecule has 108 valence electrons. The van der Waals surface area contributed by atoms with Crippen molar-refractivity contribution in [1.82, 2.24) is 5.01 Å². The summed E-state index contributed by atoms with van der Waals surface area (Å²) >= 11 is 0. The quantitative estimate of drug-likeness (QED) is 0.613. The summed E-state index contributed by atoms with van der Waals surface area (Å²) in [4.78, 5) is 13.5. The van der Waals surface area contributed by atoms with Crippen LogP contribution < -0.4 is 4.90 Å². The zero-order valence-electron chi connectivity index (χ0n) is 12.1. The van der Waals surface area contributed by atoms with Crippen LogP contribution in [0.3, 0.4) is 0 Å². The van der Waals surface area contributed by atoms with Gasteiger partial charge in [-0.05, 0) is 26.0 Å². The van der Waals surface area contributed by atoms with Gasteiger partial charge >= 0.3 is 6.09 Å². The van der Waals surface area contributed by atoms with E-state index in [-0.39, 0.29) is 12.2 Å². The van der Waals surface area contributed by atoms with Crippen LogP contribution in [0.15, 0.2) is 34.6 Å². The van der Waals surface area contributed by atoms with E-state index in [2.05, 4.69) is 10.3 Å². The Hall–Kier alpha value is -2.11. The molecule has 20 heavy (non-hydrogen) atoms. The van der Waals surface area contributed by atoms with E-state index < -0.39 is 0 Å². The van der Waals surface area contributed by atoms with Crippen molar-refractivity contribution in [3.8, 4) is 0 Å². The van der Waals surface area contributed by atoms with E-state index in [1.54, 1.807) is 9.91 Å². The first kappa shape index (κ1) is 14.3. The average Bonchev–Trinajstić information content (AvgIpc) is 2.78. The fourth-order valence-electron chi connectivity index (χ4n) is 2.05. The maximum absolute atomic E-state index is 11.9. The Morgan fingerprint density at radius 3 is 2.75 bits per heavy atom. The maximum Gasteiger partial charge on any atom is 0.414 e. The van der Waals surface area contributed by atoms with Crippen molar-refractivity contribution in [3.63, 3.8) is 0 Å². The van der Waals surface area contributed by atoms with E-state index in [0.717, 1.165) is 11.3 Å². The zero-order valence-corrected chi connectivity index (χ0v) is 12.1. The summed E-state index contributed by atoms with van der Waals surface area (Å²) in [6, 6.07) is 7.83. The Morgan fingerprint density at radius 2 is 2.10 bits per heavy atom. The minimum absolute atomic E-state index is 0.190. The molecule has 0 spiro atoms. The first-order valence-corrected chi connectivity index (χ1v) is 6.73. The molecule has 0 bridgehead atoms. The normalized spacial score (nSPS) is 18.6. The summed E-state index contributed by atoms with van der Waals surface area (Å²) in [5, 5.41) is 9.60. The second kappa shape index (κ2) is 6.36. The predicted molar refractivity (Wildman–Crippen MR) is 76.8 cm³/mol. The third kappa shape index (κ3) is 3.46. The molecular weight excluding hydrogens is 256 g/mol. The van der Waals surface area contributed by atoms with Crippen molar-refractivity contribution in [2.75, 3.05) is 31.6 Å². The number of aryl methyl sites for hydroxylation is 1. The molecular formula is C14H20N4O2. The summed E-state index contributed by atoms with van der Waals surface area (Å²) in [5.74, 6) is 0. The second-order valence-corrected chi connectivity index (χ2v) is 4.84. The standard InChI is InChI=1S/C14H20N4O2/c1-4-15-16-17(3)9-13-10-18(14(19)20-13)12-7-5-11(2)6-8-12/h5-8,13H,4,9-10H2,1-3H3. The van der Waals surface area contributed by atoms with Crippen molar-refractivity contribution >= 4 is 11.8 Å². The Kier molecular flexibility index (Phi) is 4.55. The number of likely N-dealkylation sites (N-methyl/N-ethyl adjacent to an activating group) is 1. The highest BCUT2D eigenvalue weighted by Gasteiger charge is 2.32. The van der Waals surface area contributed by atoms with E-state index in [4.69, 9.17) is 4.74 Å². The number of benzene rings is 1. The molecule has 0 N–H and O–H groups in total. The molecule has 1 aliphatic heterocycles. The van der Waals surface area contributed by atoms with Gasteiger partial charge in [-0.3, -0.25) is 9.91 Å². The molecule has 2 rings (SSSR count). The van der Waals surface area contributed by atoms with Gasteiger partial charge in [0.2, 0.25) is 0 Å². The topological polar surface area (TPSA) is 57.5 Å². The lowest BCUT2D eigenvalue weighted by Gasteiger charge is -2.15. The Balaban J connectivity index is 1.97. The number of amides is 1. The van der Waals surface area contributed by atoms with Crippen LogP contribution in [-0.4, -0.2) is 43.9 Å². The smallest absolute Gasteiger partial charge is 0.414 e. The molecule has 1 saturated heterocycles. The van der Waals surface area contributed by atoms with Gasteiger partial charge in [0, 0.05) is 12.7 Å². The number of rotatable bonds is 5. The molecule has 6 nitrogen and oxygen atoms in total. The van der Waals surface area contributed by atoms with Gasteiger partial charge in [0.05, 0.1) is 19.6 Å². The molecule has 1 unspecified atom stereocenters. The molecule has 1 fully saturated rings. The number of nitrogens with zero attached hydrogens (tertiary/aromatic N) is 4. The monoisotopic (exact) mass is 276 g/mol. The van der Waals surface area contributed by atoms with Gasteiger partial charge in [-0.2, -0.15) is 5.11 Å². The molecule has 1 amide bonds. The third-order valence-corrected chi connectivity index (χ3v) is 3.04. The first-order chi connectivity index (χ1) is 9.60. The number of cyclic esters (lactones) is 1. The van der Waals surface area contributed by atoms with Crippen LogP contribution in [0.2, 0.25) is 0 Å². The number of carbonyl (C=O) groups is 1. The zero-order chi connectivity index (χ0) is 14.5. The summed E-state index contributed by atoms with van der Waals surface area (Å²) in [6.07, 6.45) is -0.496. The van der Waals surface area contributed by atoms with E-state index in [0.29, 0.717) is 19.6 Å². The van der Waals surface area contributed by atoms with Crippen molar-refractivity contribution in [3.05, 3.63) is 29.8 Å². The Morgan fingerprint density at radius 1 is 1.40 bits per heavy atom. The summed E-state index contributed by atoms with van der Waals surface area (Å²) < 4.78 is 5.35. The van der Waals surface area contributed by atoms with Crippen LogP contribution in [0.5, 0.6) is 0 Å². The number of anilines is 1. The number of carbonyl (C=O) groups excluding carboxylic acids is 1. The second-order valence-electron chi connectivity index (χ2n) is 4.84. The van der Waals surface area contributed by atoms with Crippen molar-refractivity contribution in [2.45, 2.75) is 20.0 Å². The molecule has 0 aliphatic carbocycles. The van der Waals surface area contributed by atoms with Crippen LogP contribution in [0.1, 0.15) is 12.5 Å². The van der Waals surface area contributed by atoms with E-state index in [1.165, 1.54) is 0 Å². The minimum Gasteiger partial charge on any atom is -0.442 e. The van der Waals surface area contributed by atoms with Crippen molar-refractivity contribution in [2.24, 2.45) is 10.3 Å². The molecule has 1 atom stereocenters. The van der Waals surface area contributed by atoms with Crippen LogP contribution in [-0.2, 0) is 4.74 Å². The fraction of sp³-hybridized carbons (Fsp3) is 0.500. The van der Waals surface area contributed by atoms with Gasteiger partial charge < -0.3 is 4.74 Å².